The quantitative estimate of drug-likeness (QED) is 0.653. The Hall–Kier alpha value is -1.00. The van der Waals surface area contributed by atoms with E-state index in [1.807, 2.05) is 0 Å². The average molecular weight is 170 g/mol. The molecule has 0 unspecified atom stereocenters. The van der Waals surface area contributed by atoms with Crippen molar-refractivity contribution in [2.24, 2.45) is 5.73 Å². The van der Waals surface area contributed by atoms with Gasteiger partial charge < -0.3 is 10.8 Å². The van der Waals surface area contributed by atoms with Crippen LogP contribution in [0.5, 0.6) is 0 Å². The normalized spacial score (nSPS) is 12.9. The molecule has 1 aromatic rings. The second-order valence-electron chi connectivity index (χ2n) is 2.51. The van der Waals surface area contributed by atoms with E-state index in [9.17, 15) is 9.50 Å². The Morgan fingerprint density at radius 2 is 2.33 bits per heavy atom. The third-order valence-corrected chi connectivity index (χ3v) is 1.58. The molecule has 0 aliphatic carbocycles. The molecule has 12 heavy (non-hydrogen) atoms. The largest absolute Gasteiger partial charge is 0.388 e. The lowest BCUT2D eigenvalue weighted by Gasteiger charge is -2.07. The number of halogens is 1. The van der Waals surface area contributed by atoms with Crippen LogP contribution in [-0.4, -0.2) is 16.6 Å². The monoisotopic (exact) mass is 170 g/mol. The van der Waals surface area contributed by atoms with Gasteiger partial charge in [-0.3, -0.25) is 0 Å². The van der Waals surface area contributed by atoms with E-state index in [0.29, 0.717) is 18.5 Å². The van der Waals surface area contributed by atoms with Crippen LogP contribution in [-0.2, 0) is 0 Å². The van der Waals surface area contributed by atoms with Crippen LogP contribution in [0.3, 0.4) is 0 Å². The lowest BCUT2D eigenvalue weighted by molar-refractivity contribution is 0.169. The van der Waals surface area contributed by atoms with E-state index in [0.717, 1.165) is 0 Å². The van der Waals surface area contributed by atoms with E-state index in [4.69, 9.17) is 5.73 Å². The standard InChI is InChI=1S/C8H11FN2O/c9-8-2-1-6(5-11-8)7(12)3-4-10/h1-2,5,7,12H,3-4,10H2/t7-/m0/s1. The van der Waals surface area contributed by atoms with Crippen molar-refractivity contribution < 1.29 is 9.50 Å². The van der Waals surface area contributed by atoms with Crippen LogP contribution in [0.25, 0.3) is 0 Å². The smallest absolute Gasteiger partial charge is 0.212 e. The molecule has 1 aromatic heterocycles. The van der Waals surface area contributed by atoms with Gasteiger partial charge in [0.2, 0.25) is 5.95 Å². The van der Waals surface area contributed by atoms with Gasteiger partial charge in [0.15, 0.2) is 0 Å². The van der Waals surface area contributed by atoms with Gasteiger partial charge in [-0.15, -0.1) is 0 Å². The zero-order valence-electron chi connectivity index (χ0n) is 6.57. The molecule has 0 aliphatic rings. The van der Waals surface area contributed by atoms with Crippen LogP contribution in [0.4, 0.5) is 4.39 Å². The van der Waals surface area contributed by atoms with Crippen LogP contribution < -0.4 is 5.73 Å². The fraction of sp³-hybridized carbons (Fsp3) is 0.375. The third kappa shape index (κ3) is 2.25. The molecule has 3 N–H and O–H groups in total. The van der Waals surface area contributed by atoms with E-state index < -0.39 is 12.1 Å². The van der Waals surface area contributed by atoms with Crippen molar-refractivity contribution >= 4 is 0 Å². The van der Waals surface area contributed by atoms with E-state index in [1.165, 1.54) is 18.3 Å². The number of aliphatic hydroxyl groups excluding tert-OH is 1. The maximum Gasteiger partial charge on any atom is 0.212 e. The Bertz CT molecular complexity index is 237. The maximum absolute atomic E-state index is 12.3. The molecule has 66 valence electrons. The number of hydrogen-bond acceptors (Lipinski definition) is 3. The number of nitrogens with zero attached hydrogens (tertiary/aromatic N) is 1. The summed E-state index contributed by atoms with van der Waals surface area (Å²) in [6, 6.07) is 2.72. The molecule has 0 aromatic carbocycles. The molecule has 0 fully saturated rings. The predicted molar refractivity (Wildman–Crippen MR) is 42.8 cm³/mol. The molecule has 3 nitrogen and oxygen atoms in total. The zero-order chi connectivity index (χ0) is 8.97. The lowest BCUT2D eigenvalue weighted by atomic mass is 10.1. The van der Waals surface area contributed by atoms with Gasteiger partial charge in [-0.25, -0.2) is 4.98 Å². The van der Waals surface area contributed by atoms with E-state index in [1.54, 1.807) is 0 Å². The highest BCUT2D eigenvalue weighted by Gasteiger charge is 2.05. The molecule has 0 radical (unpaired) electrons. The highest BCUT2D eigenvalue weighted by Crippen LogP contribution is 2.13. The Labute approximate surface area is 70.0 Å². The Morgan fingerprint density at radius 3 is 2.83 bits per heavy atom. The first-order chi connectivity index (χ1) is 5.74. The summed E-state index contributed by atoms with van der Waals surface area (Å²) in [7, 11) is 0. The number of hydrogen-bond donors (Lipinski definition) is 2. The minimum absolute atomic E-state index is 0.401. The molecule has 0 aliphatic heterocycles. The first kappa shape index (κ1) is 9.09. The van der Waals surface area contributed by atoms with Gasteiger partial charge in [-0.1, -0.05) is 6.07 Å². The van der Waals surface area contributed by atoms with E-state index in [2.05, 4.69) is 4.98 Å². The molecule has 0 spiro atoms. The number of rotatable bonds is 3. The molecule has 1 atom stereocenters. The maximum atomic E-state index is 12.3. The molecule has 4 heteroatoms. The van der Waals surface area contributed by atoms with Gasteiger partial charge in [0.25, 0.3) is 0 Å². The summed E-state index contributed by atoms with van der Waals surface area (Å²) < 4.78 is 12.3. The zero-order valence-corrected chi connectivity index (χ0v) is 6.57. The third-order valence-electron chi connectivity index (χ3n) is 1.58. The summed E-state index contributed by atoms with van der Waals surface area (Å²) in [6.07, 6.45) is 1.14. The van der Waals surface area contributed by atoms with Gasteiger partial charge in [0, 0.05) is 6.20 Å². The van der Waals surface area contributed by atoms with Gasteiger partial charge in [0.1, 0.15) is 0 Å². The Balaban J connectivity index is 2.68. The minimum atomic E-state index is -0.636. The van der Waals surface area contributed by atoms with Gasteiger partial charge >= 0.3 is 0 Å². The molecule has 0 saturated heterocycles. The van der Waals surface area contributed by atoms with Crippen LogP contribution in [0.1, 0.15) is 18.1 Å². The van der Waals surface area contributed by atoms with Crippen molar-refractivity contribution in [1.29, 1.82) is 0 Å². The number of nitrogens with two attached hydrogens (primary N) is 1. The summed E-state index contributed by atoms with van der Waals surface area (Å²) in [5, 5.41) is 9.37. The summed E-state index contributed by atoms with van der Waals surface area (Å²) in [5.41, 5.74) is 5.84. The second kappa shape index (κ2) is 4.13. The fourth-order valence-corrected chi connectivity index (χ4v) is 0.909. The van der Waals surface area contributed by atoms with Crippen molar-refractivity contribution in [1.82, 2.24) is 4.98 Å². The molecule has 0 saturated carbocycles. The SMILES string of the molecule is NCC[C@H](O)c1ccc(F)nc1. The molecule has 0 bridgehead atoms. The molecule has 0 amide bonds. The van der Waals surface area contributed by atoms with Gasteiger partial charge in [-0.05, 0) is 24.6 Å². The summed E-state index contributed by atoms with van der Waals surface area (Å²) >= 11 is 0. The van der Waals surface area contributed by atoms with Crippen LogP contribution >= 0.6 is 0 Å². The molecular weight excluding hydrogens is 159 g/mol. The van der Waals surface area contributed by atoms with Crippen LogP contribution in [0.15, 0.2) is 18.3 Å². The topological polar surface area (TPSA) is 59.1 Å². The first-order valence-electron chi connectivity index (χ1n) is 3.73. The first-order valence-corrected chi connectivity index (χ1v) is 3.73. The summed E-state index contributed by atoms with van der Waals surface area (Å²) in [4.78, 5) is 3.41. The predicted octanol–water partition coefficient (Wildman–Crippen LogP) is 0.603. The highest BCUT2D eigenvalue weighted by atomic mass is 19.1. The molecule has 1 heterocycles. The van der Waals surface area contributed by atoms with E-state index >= 15 is 0 Å². The molecular formula is C8H11FN2O. The van der Waals surface area contributed by atoms with Crippen LogP contribution in [0, 0.1) is 5.95 Å². The Kier molecular flexibility index (Phi) is 3.13. The van der Waals surface area contributed by atoms with Gasteiger partial charge in [-0.2, -0.15) is 4.39 Å². The van der Waals surface area contributed by atoms with Crippen molar-refractivity contribution in [3.8, 4) is 0 Å². The minimum Gasteiger partial charge on any atom is -0.388 e. The van der Waals surface area contributed by atoms with Gasteiger partial charge in [0.05, 0.1) is 6.10 Å². The highest BCUT2D eigenvalue weighted by molar-refractivity contribution is 5.12. The summed E-state index contributed by atoms with van der Waals surface area (Å²) in [5.74, 6) is -0.543. The lowest BCUT2D eigenvalue weighted by Crippen LogP contribution is -2.06. The Morgan fingerprint density at radius 1 is 1.58 bits per heavy atom. The fourth-order valence-electron chi connectivity index (χ4n) is 0.909. The van der Waals surface area contributed by atoms with Crippen molar-refractivity contribution in [2.45, 2.75) is 12.5 Å². The average Bonchev–Trinajstić information content (AvgIpc) is 2.06. The van der Waals surface area contributed by atoms with Crippen molar-refractivity contribution in [3.05, 3.63) is 29.8 Å². The number of aliphatic hydroxyl groups is 1. The summed E-state index contributed by atoms with van der Waals surface area (Å²) in [6.45, 7) is 0.401. The molecule has 1 rings (SSSR count). The van der Waals surface area contributed by atoms with Crippen LogP contribution in [0.2, 0.25) is 0 Å². The van der Waals surface area contributed by atoms with Crippen molar-refractivity contribution in [3.63, 3.8) is 0 Å². The number of aromatic nitrogens is 1. The van der Waals surface area contributed by atoms with E-state index in [-0.39, 0.29) is 0 Å². The number of pyridine rings is 1. The second-order valence-corrected chi connectivity index (χ2v) is 2.51. The van der Waals surface area contributed by atoms with Crippen molar-refractivity contribution in [2.75, 3.05) is 6.54 Å².